The zero-order valence-electron chi connectivity index (χ0n) is 38.8. The van der Waals surface area contributed by atoms with Gasteiger partial charge in [0.05, 0.1) is 66.6 Å². The third-order valence-electron chi connectivity index (χ3n) is 12.1. The van der Waals surface area contributed by atoms with Crippen LogP contribution in [0.5, 0.6) is 11.5 Å². The van der Waals surface area contributed by atoms with Crippen molar-refractivity contribution < 1.29 is 57.2 Å². The van der Waals surface area contributed by atoms with Crippen molar-refractivity contribution in [2.75, 3.05) is 20.8 Å². The van der Waals surface area contributed by atoms with Crippen molar-refractivity contribution in [3.8, 4) is 11.5 Å². The van der Waals surface area contributed by atoms with E-state index >= 15 is 0 Å². The van der Waals surface area contributed by atoms with Crippen molar-refractivity contribution in [1.82, 2.24) is 0 Å². The second kappa shape index (κ2) is 25.2. The Hall–Kier alpha value is -5.48. The van der Waals surface area contributed by atoms with E-state index in [-0.39, 0.29) is 39.6 Å². The fourth-order valence-electron chi connectivity index (χ4n) is 8.39. The number of aliphatic hydroxyl groups excluding tert-OH is 1. The fourth-order valence-corrected chi connectivity index (χ4v) is 8.39. The monoisotopic (exact) mass is 926 g/mol. The Morgan fingerprint density at radius 3 is 1.24 bits per heavy atom. The average molecular weight is 927 g/mol. The van der Waals surface area contributed by atoms with E-state index in [1.807, 2.05) is 177 Å². The van der Waals surface area contributed by atoms with Gasteiger partial charge in [-0.1, -0.05) is 146 Å². The number of hydrogen-bond donors (Lipinski definition) is 1. The molecule has 0 radical (unpaired) electrons. The highest BCUT2D eigenvalue weighted by Crippen LogP contribution is 2.36. The highest BCUT2D eigenvalue weighted by molar-refractivity contribution is 5.28. The average Bonchev–Trinajstić information content (AvgIpc) is 3.38. The summed E-state index contributed by atoms with van der Waals surface area (Å²) in [5, 5.41) is 11.7. The maximum atomic E-state index is 11.7. The third kappa shape index (κ3) is 13.6. The van der Waals surface area contributed by atoms with Crippen LogP contribution < -0.4 is 9.47 Å². The minimum atomic E-state index is -1.37. The van der Waals surface area contributed by atoms with Gasteiger partial charge in [0.1, 0.15) is 54.2 Å². The van der Waals surface area contributed by atoms with Gasteiger partial charge < -0.3 is 57.2 Å². The minimum absolute atomic E-state index is 0.122. The first-order valence-corrected chi connectivity index (χ1v) is 23.2. The lowest BCUT2D eigenvalue weighted by Crippen LogP contribution is -2.65. The van der Waals surface area contributed by atoms with Crippen molar-refractivity contribution in [3.05, 3.63) is 203 Å². The Bertz CT molecular complexity index is 2270. The molecule has 0 amide bonds. The maximum Gasteiger partial charge on any atom is 0.187 e. The summed E-state index contributed by atoms with van der Waals surface area (Å²) in [6.45, 7) is 3.36. The number of hydrogen-bond acceptors (Lipinski definition) is 12. The quantitative estimate of drug-likeness (QED) is 0.0661. The van der Waals surface area contributed by atoms with E-state index in [2.05, 4.69) is 0 Å². The summed E-state index contributed by atoms with van der Waals surface area (Å²) in [5.41, 5.74) is 5.65. The molecule has 1 N–H and O–H groups in total. The normalized spacial score (nSPS) is 24.9. The van der Waals surface area contributed by atoms with E-state index in [0.717, 1.165) is 44.9 Å². The first-order chi connectivity index (χ1) is 33.4. The molecule has 0 aromatic heterocycles. The van der Waals surface area contributed by atoms with Crippen LogP contribution >= 0.6 is 0 Å². The summed E-state index contributed by atoms with van der Waals surface area (Å²) >= 11 is 0. The summed E-state index contributed by atoms with van der Waals surface area (Å²) in [7, 11) is 3.27. The third-order valence-corrected chi connectivity index (χ3v) is 12.1. The highest BCUT2D eigenvalue weighted by atomic mass is 16.7. The standard InChI is InChI=1S/C56H62O12/c1-39-49(61-33-41-18-10-5-11-19-41)52(53(55(57)66-39)64-35-43-22-14-7-15-23-43)68-56-54(65-37-45-26-30-47(59-3)31-27-45)51(63-36-44-24-28-46(58-2)29-25-44)50(62-34-42-20-12-6-13-21-42)48(67-56)38-60-32-40-16-8-4-9-17-40/h4-31,39,48-57H,32-38H2,1-3H3/t39-,48+,49-,50-,51-,52+,53+,54+,55+,56+/m0/s1. The Morgan fingerprint density at radius 2 is 0.779 bits per heavy atom. The van der Waals surface area contributed by atoms with E-state index in [9.17, 15) is 5.11 Å². The number of methoxy groups -OCH3 is 2. The number of ether oxygens (including phenoxy) is 11. The van der Waals surface area contributed by atoms with Crippen molar-refractivity contribution in [2.24, 2.45) is 0 Å². The van der Waals surface area contributed by atoms with Gasteiger partial charge in [-0.2, -0.15) is 0 Å². The molecule has 10 atom stereocenters. The Labute approximate surface area is 399 Å². The predicted octanol–water partition coefficient (Wildman–Crippen LogP) is 8.99. The first kappa shape index (κ1) is 49.0. The summed E-state index contributed by atoms with van der Waals surface area (Å²) in [5.74, 6) is 1.45. The SMILES string of the molecule is COc1ccc(CO[C@H]2[C@@H](OCc3ccccc3)[C@@H](COCc3ccccc3)O[C@H](O[C@@H]3[C@@H](OCc4ccccc4)[C@H](C)O[C@@H](O)[C@@H]3OCc3ccccc3)[C@@H]2OCc2ccc(OC)cc2)cc1. The van der Waals surface area contributed by atoms with Crippen LogP contribution in [0, 0.1) is 0 Å². The van der Waals surface area contributed by atoms with E-state index < -0.39 is 61.4 Å². The van der Waals surface area contributed by atoms with Crippen molar-refractivity contribution in [3.63, 3.8) is 0 Å². The summed E-state index contributed by atoms with van der Waals surface area (Å²) in [6.07, 6.45) is -8.97. The Morgan fingerprint density at radius 1 is 0.397 bits per heavy atom. The molecule has 2 heterocycles. The summed E-state index contributed by atoms with van der Waals surface area (Å²) in [6, 6.07) is 55.0. The van der Waals surface area contributed by atoms with Gasteiger partial charge in [-0.3, -0.25) is 0 Å². The van der Waals surface area contributed by atoms with Gasteiger partial charge in [-0.15, -0.1) is 0 Å². The van der Waals surface area contributed by atoms with Crippen molar-refractivity contribution in [1.29, 1.82) is 0 Å². The molecule has 0 aliphatic carbocycles. The molecule has 8 rings (SSSR count). The van der Waals surface area contributed by atoms with Gasteiger partial charge in [0.15, 0.2) is 12.6 Å². The van der Waals surface area contributed by atoms with Crippen LogP contribution in [0.3, 0.4) is 0 Å². The topological polar surface area (TPSA) is 122 Å². The van der Waals surface area contributed by atoms with Gasteiger partial charge in [-0.25, -0.2) is 0 Å². The molecule has 68 heavy (non-hydrogen) atoms. The van der Waals surface area contributed by atoms with Crippen LogP contribution in [0.1, 0.15) is 40.3 Å². The number of benzene rings is 6. The lowest BCUT2D eigenvalue weighted by molar-refractivity contribution is -0.372. The van der Waals surface area contributed by atoms with Crippen LogP contribution in [0.4, 0.5) is 0 Å². The lowest BCUT2D eigenvalue weighted by Gasteiger charge is -2.49. The number of aliphatic hydroxyl groups is 1. The molecular formula is C56H62O12. The van der Waals surface area contributed by atoms with E-state index in [1.54, 1.807) is 14.2 Å². The first-order valence-electron chi connectivity index (χ1n) is 23.2. The molecule has 0 spiro atoms. The molecule has 6 aromatic carbocycles. The van der Waals surface area contributed by atoms with Crippen LogP contribution in [-0.2, 0) is 82.3 Å². The molecule has 0 saturated carbocycles. The summed E-state index contributed by atoms with van der Waals surface area (Å²) < 4.78 is 72.2. The van der Waals surface area contributed by atoms with Gasteiger partial charge >= 0.3 is 0 Å². The second-order valence-corrected chi connectivity index (χ2v) is 16.9. The minimum Gasteiger partial charge on any atom is -0.497 e. The second-order valence-electron chi connectivity index (χ2n) is 16.9. The molecule has 12 heteroatoms. The van der Waals surface area contributed by atoms with Crippen LogP contribution in [-0.4, -0.2) is 87.3 Å². The van der Waals surface area contributed by atoms with E-state index in [0.29, 0.717) is 6.61 Å². The molecular weight excluding hydrogens is 865 g/mol. The van der Waals surface area contributed by atoms with Crippen molar-refractivity contribution >= 4 is 0 Å². The molecule has 358 valence electrons. The molecule has 0 bridgehead atoms. The molecule has 12 nitrogen and oxygen atoms in total. The molecule has 6 aromatic rings. The molecule has 2 fully saturated rings. The van der Waals surface area contributed by atoms with Crippen LogP contribution in [0.15, 0.2) is 170 Å². The Balaban J connectivity index is 1.18. The molecule has 2 aliphatic heterocycles. The van der Waals surface area contributed by atoms with Gasteiger partial charge in [0.25, 0.3) is 0 Å². The van der Waals surface area contributed by atoms with Crippen LogP contribution in [0.2, 0.25) is 0 Å². The van der Waals surface area contributed by atoms with Gasteiger partial charge in [0, 0.05) is 0 Å². The zero-order valence-corrected chi connectivity index (χ0v) is 38.8. The maximum absolute atomic E-state index is 11.7. The summed E-state index contributed by atoms with van der Waals surface area (Å²) in [4.78, 5) is 0. The largest absolute Gasteiger partial charge is 0.497 e. The molecule has 2 saturated heterocycles. The zero-order chi connectivity index (χ0) is 46.9. The molecule has 0 unspecified atom stereocenters. The highest BCUT2D eigenvalue weighted by Gasteiger charge is 2.53. The van der Waals surface area contributed by atoms with Crippen LogP contribution in [0.25, 0.3) is 0 Å². The van der Waals surface area contributed by atoms with E-state index in [1.165, 1.54) is 0 Å². The van der Waals surface area contributed by atoms with E-state index in [4.69, 9.17) is 52.1 Å². The molecule has 2 aliphatic rings. The van der Waals surface area contributed by atoms with Gasteiger partial charge in [0.2, 0.25) is 0 Å². The fraction of sp³-hybridized carbons (Fsp3) is 0.357. The lowest BCUT2D eigenvalue weighted by atomic mass is 9.96. The smallest absolute Gasteiger partial charge is 0.187 e. The predicted molar refractivity (Wildman–Crippen MR) is 254 cm³/mol. The number of rotatable bonds is 23. The van der Waals surface area contributed by atoms with Crippen molar-refractivity contribution in [2.45, 2.75) is 108 Å². The Kier molecular flexibility index (Phi) is 18.2. The van der Waals surface area contributed by atoms with Gasteiger partial charge in [-0.05, 0) is 64.6 Å².